The zero-order valence-electron chi connectivity index (χ0n) is 8.22. The van der Waals surface area contributed by atoms with Gasteiger partial charge in [-0.15, -0.1) is 0 Å². The van der Waals surface area contributed by atoms with Gasteiger partial charge in [0.1, 0.15) is 11.6 Å². The first-order valence-corrected chi connectivity index (χ1v) is 4.43. The predicted octanol–water partition coefficient (Wildman–Crippen LogP) is 2.59. The molecule has 1 rings (SSSR count). The first kappa shape index (κ1) is 10.9. The summed E-state index contributed by atoms with van der Waals surface area (Å²) >= 11 is 0. The second kappa shape index (κ2) is 4.86. The van der Waals surface area contributed by atoms with Crippen molar-refractivity contribution in [2.45, 2.75) is 13.0 Å². The molecule has 0 aliphatic heterocycles. The van der Waals surface area contributed by atoms with Crippen LogP contribution in [0.25, 0.3) is 6.08 Å². The molecule has 1 atom stereocenters. The smallest absolute Gasteiger partial charge is 0.126 e. The molecule has 0 amide bonds. The van der Waals surface area contributed by atoms with Crippen LogP contribution in [-0.4, -0.2) is 13.1 Å². The van der Waals surface area contributed by atoms with Gasteiger partial charge in [-0.1, -0.05) is 12.2 Å². The summed E-state index contributed by atoms with van der Waals surface area (Å²) in [5, 5.41) is 2.99. The Labute approximate surface area is 82.4 Å². The largest absolute Gasteiger partial charge is 0.314 e. The molecule has 0 spiro atoms. The van der Waals surface area contributed by atoms with E-state index in [-0.39, 0.29) is 6.04 Å². The van der Waals surface area contributed by atoms with Crippen molar-refractivity contribution >= 4 is 6.08 Å². The Morgan fingerprint density at radius 1 is 1.21 bits per heavy atom. The lowest BCUT2D eigenvalue weighted by molar-refractivity contribution is 0.583. The molecule has 3 heteroatoms. The third-order valence-corrected chi connectivity index (χ3v) is 1.92. The van der Waals surface area contributed by atoms with Crippen molar-refractivity contribution < 1.29 is 8.78 Å². The lowest BCUT2D eigenvalue weighted by Crippen LogP contribution is -2.17. The summed E-state index contributed by atoms with van der Waals surface area (Å²) in [5.41, 5.74) is 0.532. The first-order chi connectivity index (χ1) is 6.61. The summed E-state index contributed by atoms with van der Waals surface area (Å²) in [7, 11) is 1.82. The van der Waals surface area contributed by atoms with Crippen molar-refractivity contribution in [1.82, 2.24) is 5.32 Å². The fourth-order valence-corrected chi connectivity index (χ4v) is 1.02. The lowest BCUT2D eigenvalue weighted by atomic mass is 10.1. The molecule has 1 unspecified atom stereocenters. The summed E-state index contributed by atoms with van der Waals surface area (Å²) in [4.78, 5) is 0. The number of halogens is 2. The van der Waals surface area contributed by atoms with Gasteiger partial charge >= 0.3 is 0 Å². The molecule has 0 aliphatic carbocycles. The lowest BCUT2D eigenvalue weighted by Gasteiger charge is -2.02. The van der Waals surface area contributed by atoms with Crippen molar-refractivity contribution in [3.8, 4) is 0 Å². The van der Waals surface area contributed by atoms with Gasteiger partial charge in [-0.3, -0.25) is 0 Å². The summed E-state index contributed by atoms with van der Waals surface area (Å²) in [6.45, 7) is 1.95. The molecular formula is C11H13F2N. The highest BCUT2D eigenvalue weighted by Gasteiger charge is 1.97. The average molecular weight is 197 g/mol. The fourth-order valence-electron chi connectivity index (χ4n) is 1.02. The Balaban J connectivity index is 2.81. The van der Waals surface area contributed by atoms with E-state index in [0.29, 0.717) is 5.56 Å². The Hall–Kier alpha value is -1.22. The van der Waals surface area contributed by atoms with Gasteiger partial charge in [0.15, 0.2) is 0 Å². The van der Waals surface area contributed by atoms with Gasteiger partial charge < -0.3 is 5.32 Å². The zero-order chi connectivity index (χ0) is 10.6. The van der Waals surface area contributed by atoms with Crippen LogP contribution < -0.4 is 5.32 Å². The quantitative estimate of drug-likeness (QED) is 0.785. The van der Waals surface area contributed by atoms with Crippen LogP contribution in [0.15, 0.2) is 24.3 Å². The standard InChI is InChI=1S/C11H13F2N/c1-8(14-2)3-4-9-5-10(12)7-11(13)6-9/h3-8,14H,1-2H3/b4-3+. The van der Waals surface area contributed by atoms with E-state index in [4.69, 9.17) is 0 Å². The van der Waals surface area contributed by atoms with E-state index < -0.39 is 11.6 Å². The molecule has 0 fully saturated rings. The number of hydrogen-bond acceptors (Lipinski definition) is 1. The molecule has 1 N–H and O–H groups in total. The van der Waals surface area contributed by atoms with Gasteiger partial charge in [-0.25, -0.2) is 8.78 Å². The van der Waals surface area contributed by atoms with E-state index in [2.05, 4.69) is 5.32 Å². The van der Waals surface area contributed by atoms with Gasteiger partial charge in [0.25, 0.3) is 0 Å². The Morgan fingerprint density at radius 2 is 1.79 bits per heavy atom. The highest BCUT2D eigenvalue weighted by molar-refractivity contribution is 5.49. The van der Waals surface area contributed by atoms with Crippen LogP contribution in [0.2, 0.25) is 0 Å². The molecule has 1 nitrogen and oxygen atoms in total. The SMILES string of the molecule is CNC(C)/C=C/c1cc(F)cc(F)c1. The maximum atomic E-state index is 12.7. The highest BCUT2D eigenvalue weighted by Crippen LogP contribution is 2.09. The molecule has 76 valence electrons. The van der Waals surface area contributed by atoms with Gasteiger partial charge in [0.2, 0.25) is 0 Å². The van der Waals surface area contributed by atoms with Gasteiger partial charge in [0, 0.05) is 12.1 Å². The van der Waals surface area contributed by atoms with Crippen LogP contribution >= 0.6 is 0 Å². The normalized spacial score (nSPS) is 13.4. The number of benzene rings is 1. The van der Waals surface area contributed by atoms with Crippen molar-refractivity contribution in [3.05, 3.63) is 41.5 Å². The Kier molecular flexibility index (Phi) is 3.77. The third-order valence-electron chi connectivity index (χ3n) is 1.92. The Morgan fingerprint density at radius 3 is 2.29 bits per heavy atom. The number of nitrogens with one attached hydrogen (secondary N) is 1. The highest BCUT2D eigenvalue weighted by atomic mass is 19.1. The zero-order valence-corrected chi connectivity index (χ0v) is 8.22. The molecule has 0 heterocycles. The minimum atomic E-state index is -0.554. The minimum absolute atomic E-state index is 0.182. The second-order valence-corrected chi connectivity index (χ2v) is 3.14. The molecule has 0 radical (unpaired) electrons. The average Bonchev–Trinajstić information content (AvgIpc) is 2.12. The molecule has 14 heavy (non-hydrogen) atoms. The molecule has 0 bridgehead atoms. The monoisotopic (exact) mass is 197 g/mol. The molecule has 0 aromatic heterocycles. The van der Waals surface area contributed by atoms with Crippen LogP contribution in [-0.2, 0) is 0 Å². The maximum Gasteiger partial charge on any atom is 0.126 e. The summed E-state index contributed by atoms with van der Waals surface area (Å²) in [6, 6.07) is 3.63. The predicted molar refractivity (Wildman–Crippen MR) is 53.9 cm³/mol. The van der Waals surface area contributed by atoms with Crippen molar-refractivity contribution in [3.63, 3.8) is 0 Å². The van der Waals surface area contributed by atoms with E-state index in [1.165, 1.54) is 12.1 Å². The molecule has 1 aromatic rings. The van der Waals surface area contributed by atoms with E-state index >= 15 is 0 Å². The minimum Gasteiger partial charge on any atom is -0.314 e. The van der Waals surface area contributed by atoms with Crippen LogP contribution in [0.1, 0.15) is 12.5 Å². The topological polar surface area (TPSA) is 12.0 Å². The van der Waals surface area contributed by atoms with Gasteiger partial charge in [-0.05, 0) is 31.7 Å². The Bertz CT molecular complexity index is 314. The van der Waals surface area contributed by atoms with E-state index in [1.54, 1.807) is 6.08 Å². The van der Waals surface area contributed by atoms with Crippen molar-refractivity contribution in [2.24, 2.45) is 0 Å². The molecular weight excluding hydrogens is 184 g/mol. The fraction of sp³-hybridized carbons (Fsp3) is 0.273. The number of hydrogen-bond donors (Lipinski definition) is 1. The number of rotatable bonds is 3. The van der Waals surface area contributed by atoms with Crippen molar-refractivity contribution in [1.29, 1.82) is 0 Å². The molecule has 0 saturated carbocycles. The molecule has 1 aromatic carbocycles. The first-order valence-electron chi connectivity index (χ1n) is 4.43. The van der Waals surface area contributed by atoms with E-state index in [9.17, 15) is 8.78 Å². The van der Waals surface area contributed by atoms with Gasteiger partial charge in [0.05, 0.1) is 0 Å². The van der Waals surface area contributed by atoms with E-state index in [1.807, 2.05) is 20.0 Å². The summed E-state index contributed by atoms with van der Waals surface area (Å²) in [5.74, 6) is -1.11. The van der Waals surface area contributed by atoms with Crippen molar-refractivity contribution in [2.75, 3.05) is 7.05 Å². The van der Waals surface area contributed by atoms with Crippen LogP contribution in [0.3, 0.4) is 0 Å². The number of likely N-dealkylation sites (N-methyl/N-ethyl adjacent to an activating group) is 1. The summed E-state index contributed by atoms with van der Waals surface area (Å²) < 4.78 is 25.5. The van der Waals surface area contributed by atoms with Gasteiger partial charge in [-0.2, -0.15) is 0 Å². The maximum absolute atomic E-state index is 12.7. The van der Waals surface area contributed by atoms with Crippen LogP contribution in [0, 0.1) is 11.6 Å². The summed E-state index contributed by atoms with van der Waals surface area (Å²) in [6.07, 6.45) is 3.53. The van der Waals surface area contributed by atoms with E-state index in [0.717, 1.165) is 6.07 Å². The third kappa shape index (κ3) is 3.26. The van der Waals surface area contributed by atoms with Crippen LogP contribution in [0.5, 0.6) is 0 Å². The molecule has 0 aliphatic rings. The van der Waals surface area contributed by atoms with Crippen LogP contribution in [0.4, 0.5) is 8.78 Å². The second-order valence-electron chi connectivity index (χ2n) is 3.14. The molecule has 0 saturated heterocycles.